The lowest BCUT2D eigenvalue weighted by atomic mass is 10.0. The van der Waals surface area contributed by atoms with E-state index in [1.165, 1.54) is 12.1 Å². The molecule has 8 nitrogen and oxygen atoms in total. The first-order valence-electron chi connectivity index (χ1n) is 11.3. The third kappa shape index (κ3) is 8.56. The molecule has 2 N–H and O–H groups in total. The van der Waals surface area contributed by atoms with Crippen molar-refractivity contribution in [3.63, 3.8) is 0 Å². The van der Waals surface area contributed by atoms with Gasteiger partial charge < -0.3 is 25.0 Å². The van der Waals surface area contributed by atoms with Gasteiger partial charge in [-0.2, -0.15) is 0 Å². The zero-order chi connectivity index (χ0) is 23.1. The number of likely N-dealkylation sites (tertiary alicyclic amines) is 1. The molecular weight excluding hydrogens is 540 g/mol. The maximum atomic E-state index is 13.5. The molecular formula is C23H37FIN5O3. The summed E-state index contributed by atoms with van der Waals surface area (Å²) in [6.45, 7) is 10.7. The fraction of sp³-hybridized carbons (Fsp3) is 0.652. The molecule has 2 atom stereocenters. The van der Waals surface area contributed by atoms with Gasteiger partial charge in [0.15, 0.2) is 5.96 Å². The van der Waals surface area contributed by atoms with Crippen LogP contribution in [0.25, 0.3) is 0 Å². The SMILES string of the molecule is CN=C(NCC(c1ccc(F)cc1)N1CCOCC1)N1CCC(NC(=O)OC(C)(C)C)C1.I. The van der Waals surface area contributed by atoms with Crippen molar-refractivity contribution in [1.29, 1.82) is 0 Å². The number of hydrogen-bond acceptors (Lipinski definition) is 5. The largest absolute Gasteiger partial charge is 0.444 e. The van der Waals surface area contributed by atoms with Crippen LogP contribution in [0.4, 0.5) is 9.18 Å². The zero-order valence-electron chi connectivity index (χ0n) is 20.0. The van der Waals surface area contributed by atoms with Gasteiger partial charge in [-0.25, -0.2) is 9.18 Å². The zero-order valence-corrected chi connectivity index (χ0v) is 22.3. The van der Waals surface area contributed by atoms with E-state index >= 15 is 0 Å². The molecule has 10 heteroatoms. The Hall–Kier alpha value is -1.66. The second-order valence-corrected chi connectivity index (χ2v) is 9.22. The van der Waals surface area contributed by atoms with Gasteiger partial charge in [-0.1, -0.05) is 12.1 Å². The van der Waals surface area contributed by atoms with Gasteiger partial charge in [0, 0.05) is 39.8 Å². The summed E-state index contributed by atoms with van der Waals surface area (Å²) in [6, 6.07) is 6.79. The van der Waals surface area contributed by atoms with Crippen LogP contribution in [-0.2, 0) is 9.47 Å². The molecule has 2 heterocycles. The van der Waals surface area contributed by atoms with Crippen LogP contribution in [0.2, 0.25) is 0 Å². The lowest BCUT2D eigenvalue weighted by molar-refractivity contribution is 0.0169. The number of hydrogen-bond donors (Lipinski definition) is 2. The number of alkyl carbamates (subject to hydrolysis) is 1. The van der Waals surface area contributed by atoms with Gasteiger partial charge in [0.05, 0.1) is 25.3 Å². The van der Waals surface area contributed by atoms with Crippen molar-refractivity contribution < 1.29 is 18.7 Å². The topological polar surface area (TPSA) is 78.4 Å². The van der Waals surface area contributed by atoms with E-state index in [-0.39, 0.29) is 41.9 Å². The van der Waals surface area contributed by atoms with Crippen LogP contribution in [0.15, 0.2) is 29.3 Å². The van der Waals surface area contributed by atoms with Crippen LogP contribution in [0.1, 0.15) is 38.8 Å². The van der Waals surface area contributed by atoms with Gasteiger partial charge in [-0.05, 0) is 44.9 Å². The lowest BCUT2D eigenvalue weighted by Gasteiger charge is -2.35. The highest BCUT2D eigenvalue weighted by molar-refractivity contribution is 14.0. The summed E-state index contributed by atoms with van der Waals surface area (Å²) in [5.74, 6) is 0.553. The third-order valence-corrected chi connectivity index (χ3v) is 5.62. The van der Waals surface area contributed by atoms with Crippen LogP contribution in [0.3, 0.4) is 0 Å². The molecule has 1 amide bonds. The summed E-state index contributed by atoms with van der Waals surface area (Å²) in [7, 11) is 1.76. The number of ether oxygens (including phenoxy) is 2. The molecule has 186 valence electrons. The van der Waals surface area contributed by atoms with Crippen molar-refractivity contribution in [2.24, 2.45) is 4.99 Å². The molecule has 1 aromatic rings. The highest BCUT2D eigenvalue weighted by Crippen LogP contribution is 2.22. The quantitative estimate of drug-likeness (QED) is 0.319. The molecule has 0 aliphatic carbocycles. The van der Waals surface area contributed by atoms with Crippen molar-refractivity contribution in [3.8, 4) is 0 Å². The van der Waals surface area contributed by atoms with E-state index in [9.17, 15) is 9.18 Å². The van der Waals surface area contributed by atoms with Gasteiger partial charge in [-0.3, -0.25) is 9.89 Å². The number of aliphatic imine (C=N–C) groups is 1. The first kappa shape index (κ1) is 27.6. The molecule has 33 heavy (non-hydrogen) atoms. The number of guanidine groups is 1. The summed E-state index contributed by atoms with van der Waals surface area (Å²) in [5.41, 5.74) is 0.539. The fourth-order valence-corrected chi connectivity index (χ4v) is 4.10. The predicted octanol–water partition coefficient (Wildman–Crippen LogP) is 2.99. The third-order valence-electron chi connectivity index (χ3n) is 5.62. The molecule has 0 spiro atoms. The number of nitrogens with zero attached hydrogens (tertiary/aromatic N) is 3. The normalized spacial score (nSPS) is 20.7. The Bertz CT molecular complexity index is 781. The van der Waals surface area contributed by atoms with Gasteiger partial charge in [0.2, 0.25) is 0 Å². The number of benzene rings is 1. The number of rotatable bonds is 5. The average Bonchev–Trinajstić information content (AvgIpc) is 3.19. The molecule has 0 radical (unpaired) electrons. The minimum absolute atomic E-state index is 0. The number of amides is 1. The monoisotopic (exact) mass is 577 g/mol. The molecule has 2 saturated heterocycles. The summed E-state index contributed by atoms with van der Waals surface area (Å²) in [4.78, 5) is 21.0. The van der Waals surface area contributed by atoms with Gasteiger partial charge in [0.25, 0.3) is 0 Å². The van der Waals surface area contributed by atoms with Crippen molar-refractivity contribution in [2.45, 2.75) is 44.9 Å². The van der Waals surface area contributed by atoms with Crippen molar-refractivity contribution in [1.82, 2.24) is 20.4 Å². The van der Waals surface area contributed by atoms with E-state index in [0.29, 0.717) is 26.3 Å². The van der Waals surface area contributed by atoms with E-state index in [0.717, 1.165) is 37.6 Å². The smallest absolute Gasteiger partial charge is 0.407 e. The molecule has 1 aromatic carbocycles. The average molecular weight is 577 g/mol. The minimum atomic E-state index is -0.519. The van der Waals surface area contributed by atoms with Crippen LogP contribution >= 0.6 is 24.0 Å². The molecule has 0 bridgehead atoms. The number of halogens is 2. The summed E-state index contributed by atoms with van der Waals surface area (Å²) in [5, 5.41) is 6.44. The highest BCUT2D eigenvalue weighted by atomic mass is 127. The van der Waals surface area contributed by atoms with Gasteiger partial charge in [-0.15, -0.1) is 24.0 Å². The number of morpholine rings is 1. The summed E-state index contributed by atoms with van der Waals surface area (Å²) in [6.07, 6.45) is 0.432. The van der Waals surface area contributed by atoms with E-state index in [1.807, 2.05) is 32.9 Å². The first-order valence-corrected chi connectivity index (χ1v) is 11.3. The highest BCUT2D eigenvalue weighted by Gasteiger charge is 2.29. The molecule has 2 aliphatic heterocycles. The Morgan fingerprint density at radius 1 is 1.24 bits per heavy atom. The predicted molar refractivity (Wildman–Crippen MR) is 138 cm³/mol. The van der Waals surface area contributed by atoms with Crippen LogP contribution in [0, 0.1) is 5.82 Å². The molecule has 0 saturated carbocycles. The minimum Gasteiger partial charge on any atom is -0.444 e. The molecule has 2 fully saturated rings. The molecule has 2 aliphatic rings. The molecule has 2 unspecified atom stereocenters. The van der Waals surface area contributed by atoms with E-state index in [2.05, 4.69) is 25.4 Å². The lowest BCUT2D eigenvalue weighted by Crippen LogP contribution is -2.48. The second-order valence-electron chi connectivity index (χ2n) is 9.22. The second kappa shape index (κ2) is 12.7. The number of nitrogens with one attached hydrogen (secondary N) is 2. The standard InChI is InChI=1S/C23H36FN5O3.HI/c1-23(2,3)32-22(30)27-19-9-10-29(16-19)21(25-4)26-15-20(28-11-13-31-14-12-28)17-5-7-18(24)8-6-17;/h5-8,19-20H,9-16H2,1-4H3,(H,25,26)(H,27,30);1H. The first-order chi connectivity index (χ1) is 15.2. The number of carbonyl (C=O) groups excluding carboxylic acids is 1. The van der Waals surface area contributed by atoms with Crippen LogP contribution < -0.4 is 10.6 Å². The van der Waals surface area contributed by atoms with Crippen LogP contribution in [-0.4, -0.2) is 86.5 Å². The van der Waals surface area contributed by atoms with E-state index in [1.54, 1.807) is 7.05 Å². The Morgan fingerprint density at radius 2 is 1.91 bits per heavy atom. The van der Waals surface area contributed by atoms with Gasteiger partial charge in [0.1, 0.15) is 11.4 Å². The molecule has 3 rings (SSSR count). The Morgan fingerprint density at radius 3 is 2.52 bits per heavy atom. The Labute approximate surface area is 213 Å². The number of carbonyl (C=O) groups is 1. The summed E-state index contributed by atoms with van der Waals surface area (Å²) >= 11 is 0. The fourth-order valence-electron chi connectivity index (χ4n) is 4.10. The van der Waals surface area contributed by atoms with E-state index in [4.69, 9.17) is 9.47 Å². The summed E-state index contributed by atoms with van der Waals surface area (Å²) < 4.78 is 24.3. The van der Waals surface area contributed by atoms with Crippen molar-refractivity contribution >= 4 is 36.0 Å². The van der Waals surface area contributed by atoms with Crippen molar-refractivity contribution in [3.05, 3.63) is 35.6 Å². The Kier molecular flexibility index (Phi) is 10.6. The molecule has 0 aromatic heterocycles. The Balaban J connectivity index is 0.00000385. The maximum Gasteiger partial charge on any atom is 0.407 e. The maximum absolute atomic E-state index is 13.5. The van der Waals surface area contributed by atoms with Gasteiger partial charge >= 0.3 is 6.09 Å². The van der Waals surface area contributed by atoms with Crippen molar-refractivity contribution in [2.75, 3.05) is 53.0 Å². The van der Waals surface area contributed by atoms with E-state index < -0.39 is 11.7 Å². The van der Waals surface area contributed by atoms with Crippen LogP contribution in [0.5, 0.6) is 0 Å².